The standard InChI is InChI=1S/C11H14N4O2/c16-8-7-15-11(12-13-14-15)6-9-17-10-4-2-1-3-5-10/h1-5,16H,6-9H2. The number of aliphatic hydroxyl groups excluding tert-OH is 1. The number of hydrogen-bond acceptors (Lipinski definition) is 5. The third-order valence-corrected chi connectivity index (χ3v) is 2.26. The van der Waals surface area contributed by atoms with Crippen molar-refractivity contribution in [3.05, 3.63) is 36.2 Å². The third kappa shape index (κ3) is 3.25. The first kappa shape index (κ1) is 11.5. The van der Waals surface area contributed by atoms with Crippen molar-refractivity contribution in [2.75, 3.05) is 13.2 Å². The number of tetrazole rings is 1. The van der Waals surface area contributed by atoms with Crippen LogP contribution in [0.2, 0.25) is 0 Å². The van der Waals surface area contributed by atoms with Crippen LogP contribution < -0.4 is 4.74 Å². The number of benzene rings is 1. The number of rotatable bonds is 6. The van der Waals surface area contributed by atoms with Crippen LogP contribution in [0.15, 0.2) is 30.3 Å². The molecule has 0 spiro atoms. The van der Waals surface area contributed by atoms with E-state index in [1.54, 1.807) is 4.68 Å². The van der Waals surface area contributed by atoms with Gasteiger partial charge in [-0.1, -0.05) is 18.2 Å². The molecule has 0 atom stereocenters. The Labute approximate surface area is 98.8 Å². The average Bonchev–Trinajstić information content (AvgIpc) is 2.79. The summed E-state index contributed by atoms with van der Waals surface area (Å²) in [5.41, 5.74) is 0. The van der Waals surface area contributed by atoms with Crippen LogP contribution >= 0.6 is 0 Å². The molecule has 6 nitrogen and oxygen atoms in total. The molecule has 0 bridgehead atoms. The highest BCUT2D eigenvalue weighted by Crippen LogP contribution is 2.08. The number of para-hydroxylation sites is 1. The lowest BCUT2D eigenvalue weighted by Gasteiger charge is -2.05. The predicted octanol–water partition coefficient (Wildman–Crippen LogP) is 0.287. The van der Waals surface area contributed by atoms with Crippen molar-refractivity contribution < 1.29 is 9.84 Å². The molecule has 0 unspecified atom stereocenters. The molecule has 0 saturated heterocycles. The summed E-state index contributed by atoms with van der Waals surface area (Å²) in [7, 11) is 0. The minimum Gasteiger partial charge on any atom is -0.493 e. The smallest absolute Gasteiger partial charge is 0.154 e. The molecule has 2 aromatic rings. The summed E-state index contributed by atoms with van der Waals surface area (Å²) >= 11 is 0. The Kier molecular flexibility index (Phi) is 4.04. The number of aliphatic hydroxyl groups is 1. The normalized spacial score (nSPS) is 10.4. The first-order chi connectivity index (χ1) is 8.40. The maximum absolute atomic E-state index is 8.82. The van der Waals surface area contributed by atoms with Crippen molar-refractivity contribution in [3.63, 3.8) is 0 Å². The summed E-state index contributed by atoms with van der Waals surface area (Å²) in [5, 5.41) is 20.0. The van der Waals surface area contributed by atoms with Crippen molar-refractivity contribution in [2.24, 2.45) is 0 Å². The maximum Gasteiger partial charge on any atom is 0.154 e. The molecule has 0 aliphatic carbocycles. The van der Waals surface area contributed by atoms with Gasteiger partial charge in [-0.15, -0.1) is 5.10 Å². The van der Waals surface area contributed by atoms with Gasteiger partial charge in [-0.3, -0.25) is 0 Å². The van der Waals surface area contributed by atoms with Gasteiger partial charge in [0.2, 0.25) is 0 Å². The molecule has 90 valence electrons. The van der Waals surface area contributed by atoms with Gasteiger partial charge in [-0.05, 0) is 22.6 Å². The van der Waals surface area contributed by atoms with Gasteiger partial charge >= 0.3 is 0 Å². The van der Waals surface area contributed by atoms with Gasteiger partial charge in [0, 0.05) is 6.42 Å². The van der Waals surface area contributed by atoms with E-state index in [0.717, 1.165) is 11.6 Å². The Bertz CT molecular complexity index is 444. The van der Waals surface area contributed by atoms with E-state index >= 15 is 0 Å². The second kappa shape index (κ2) is 5.95. The Hall–Kier alpha value is -1.95. The van der Waals surface area contributed by atoms with E-state index in [-0.39, 0.29) is 6.61 Å². The van der Waals surface area contributed by atoms with Crippen molar-refractivity contribution in [3.8, 4) is 5.75 Å². The molecule has 0 saturated carbocycles. The van der Waals surface area contributed by atoms with Crippen LogP contribution in [-0.2, 0) is 13.0 Å². The quantitative estimate of drug-likeness (QED) is 0.777. The molecular formula is C11H14N4O2. The summed E-state index contributed by atoms with van der Waals surface area (Å²) in [5.74, 6) is 1.55. The van der Waals surface area contributed by atoms with Gasteiger partial charge in [0.15, 0.2) is 5.82 Å². The van der Waals surface area contributed by atoms with Crippen LogP contribution in [0.3, 0.4) is 0 Å². The largest absolute Gasteiger partial charge is 0.493 e. The molecule has 0 aliphatic rings. The SMILES string of the molecule is OCCn1nnnc1CCOc1ccccc1. The molecule has 0 fully saturated rings. The fraction of sp³-hybridized carbons (Fsp3) is 0.364. The monoisotopic (exact) mass is 234 g/mol. The number of hydrogen-bond donors (Lipinski definition) is 1. The van der Waals surface area contributed by atoms with E-state index in [4.69, 9.17) is 9.84 Å². The molecule has 0 radical (unpaired) electrons. The summed E-state index contributed by atoms with van der Waals surface area (Å²) in [6, 6.07) is 9.58. The zero-order chi connectivity index (χ0) is 11.9. The lowest BCUT2D eigenvalue weighted by atomic mass is 10.3. The molecule has 17 heavy (non-hydrogen) atoms. The van der Waals surface area contributed by atoms with Crippen LogP contribution in [0.5, 0.6) is 5.75 Å². The van der Waals surface area contributed by atoms with Crippen molar-refractivity contribution in [1.29, 1.82) is 0 Å². The zero-order valence-electron chi connectivity index (χ0n) is 9.36. The molecule has 2 rings (SSSR count). The highest BCUT2D eigenvalue weighted by atomic mass is 16.5. The summed E-state index contributed by atoms with van der Waals surface area (Å²) < 4.78 is 7.12. The first-order valence-corrected chi connectivity index (χ1v) is 5.44. The summed E-state index contributed by atoms with van der Waals surface area (Å²) in [6.45, 7) is 0.946. The first-order valence-electron chi connectivity index (χ1n) is 5.44. The van der Waals surface area contributed by atoms with Gasteiger partial charge in [0.1, 0.15) is 5.75 Å². The molecule has 1 N–H and O–H groups in total. The lowest BCUT2D eigenvalue weighted by Crippen LogP contribution is -2.12. The van der Waals surface area contributed by atoms with E-state index in [2.05, 4.69) is 15.5 Å². The average molecular weight is 234 g/mol. The van der Waals surface area contributed by atoms with Gasteiger partial charge < -0.3 is 9.84 Å². The second-order valence-corrected chi connectivity index (χ2v) is 3.45. The van der Waals surface area contributed by atoms with E-state index in [1.165, 1.54) is 0 Å². The van der Waals surface area contributed by atoms with Crippen LogP contribution in [0.1, 0.15) is 5.82 Å². The fourth-order valence-electron chi connectivity index (χ4n) is 1.45. The Morgan fingerprint density at radius 2 is 2.06 bits per heavy atom. The summed E-state index contributed by atoms with van der Waals surface area (Å²) in [6.07, 6.45) is 0.613. The Morgan fingerprint density at radius 3 is 2.82 bits per heavy atom. The van der Waals surface area contributed by atoms with E-state index in [9.17, 15) is 0 Å². The molecule has 6 heteroatoms. The van der Waals surface area contributed by atoms with Crippen LogP contribution in [0.25, 0.3) is 0 Å². The molecule has 1 aromatic heterocycles. The molecule has 0 aliphatic heterocycles. The van der Waals surface area contributed by atoms with Gasteiger partial charge in [0.05, 0.1) is 19.8 Å². The van der Waals surface area contributed by atoms with E-state index in [1.807, 2.05) is 30.3 Å². The highest BCUT2D eigenvalue weighted by Gasteiger charge is 2.05. The van der Waals surface area contributed by atoms with Gasteiger partial charge in [-0.2, -0.15) is 0 Å². The zero-order valence-corrected chi connectivity index (χ0v) is 9.36. The highest BCUT2D eigenvalue weighted by molar-refractivity contribution is 5.20. The van der Waals surface area contributed by atoms with Crippen LogP contribution in [0, 0.1) is 0 Å². The maximum atomic E-state index is 8.82. The Balaban J connectivity index is 1.84. The van der Waals surface area contributed by atoms with Gasteiger partial charge in [0.25, 0.3) is 0 Å². The minimum absolute atomic E-state index is 0.0254. The van der Waals surface area contributed by atoms with Crippen molar-refractivity contribution in [2.45, 2.75) is 13.0 Å². The van der Waals surface area contributed by atoms with Crippen molar-refractivity contribution in [1.82, 2.24) is 20.2 Å². The van der Waals surface area contributed by atoms with E-state index < -0.39 is 0 Å². The molecule has 1 aromatic carbocycles. The van der Waals surface area contributed by atoms with Gasteiger partial charge in [-0.25, -0.2) is 4.68 Å². The third-order valence-electron chi connectivity index (χ3n) is 2.26. The lowest BCUT2D eigenvalue weighted by molar-refractivity contribution is 0.262. The molecule has 1 heterocycles. The topological polar surface area (TPSA) is 73.1 Å². The van der Waals surface area contributed by atoms with E-state index in [0.29, 0.717) is 19.6 Å². The summed E-state index contributed by atoms with van der Waals surface area (Å²) in [4.78, 5) is 0. The van der Waals surface area contributed by atoms with Crippen LogP contribution in [-0.4, -0.2) is 38.5 Å². The van der Waals surface area contributed by atoms with Crippen LogP contribution in [0.4, 0.5) is 0 Å². The fourth-order valence-corrected chi connectivity index (χ4v) is 1.45. The Morgan fingerprint density at radius 1 is 1.24 bits per heavy atom. The minimum atomic E-state index is 0.0254. The second-order valence-electron chi connectivity index (χ2n) is 3.45. The number of aromatic nitrogens is 4. The predicted molar refractivity (Wildman–Crippen MR) is 60.5 cm³/mol. The number of nitrogens with zero attached hydrogens (tertiary/aromatic N) is 4. The molecule has 0 amide bonds. The van der Waals surface area contributed by atoms with Crippen molar-refractivity contribution >= 4 is 0 Å². The number of ether oxygens (including phenoxy) is 1. The molecular weight excluding hydrogens is 220 g/mol.